The van der Waals surface area contributed by atoms with Gasteiger partial charge in [0.15, 0.2) is 18.1 Å². The molecular weight excluding hydrogens is 370 g/mol. The molecule has 1 aliphatic rings. The topological polar surface area (TPSA) is 73.9 Å². The lowest BCUT2D eigenvalue weighted by atomic mass is 9.86. The number of hydrogen-bond donors (Lipinski definition) is 1. The van der Waals surface area contributed by atoms with Gasteiger partial charge in [0.2, 0.25) is 0 Å². The molecule has 0 aliphatic heterocycles. The number of amides is 1. The van der Waals surface area contributed by atoms with Crippen LogP contribution in [-0.4, -0.2) is 38.2 Å². The van der Waals surface area contributed by atoms with Crippen LogP contribution in [0.3, 0.4) is 0 Å². The van der Waals surface area contributed by atoms with Gasteiger partial charge in [0.25, 0.3) is 5.91 Å². The normalized spacial score (nSPS) is 19.3. The number of methoxy groups -OCH3 is 1. The summed E-state index contributed by atoms with van der Waals surface area (Å²) in [5.41, 5.74) is 0.208. The smallest absolute Gasteiger partial charge is 0.338 e. The molecule has 0 spiro atoms. The fourth-order valence-electron chi connectivity index (χ4n) is 3.18. The lowest BCUT2D eigenvalue weighted by molar-refractivity contribution is -0.125. The molecule has 1 aliphatic carbocycles. The van der Waals surface area contributed by atoms with Crippen LogP contribution in [-0.2, 0) is 9.53 Å². The molecule has 2 rings (SSSR count). The minimum atomic E-state index is -0.635. The van der Waals surface area contributed by atoms with Crippen molar-refractivity contribution in [1.82, 2.24) is 5.32 Å². The minimum absolute atomic E-state index is 0.148. The van der Waals surface area contributed by atoms with E-state index < -0.39 is 5.97 Å². The van der Waals surface area contributed by atoms with E-state index in [1.807, 2.05) is 6.92 Å². The second-order valence-corrected chi connectivity index (χ2v) is 7.26. The van der Waals surface area contributed by atoms with Crippen LogP contribution in [0.2, 0.25) is 5.02 Å². The van der Waals surface area contributed by atoms with Gasteiger partial charge in [-0.05, 0) is 37.3 Å². The van der Waals surface area contributed by atoms with E-state index in [4.69, 9.17) is 25.8 Å². The third-order valence-electron chi connectivity index (χ3n) is 4.71. The van der Waals surface area contributed by atoms with Crippen molar-refractivity contribution in [2.45, 2.75) is 52.0 Å². The van der Waals surface area contributed by atoms with Crippen LogP contribution in [0.25, 0.3) is 0 Å². The van der Waals surface area contributed by atoms with Gasteiger partial charge in [-0.1, -0.05) is 38.3 Å². The Hall–Kier alpha value is -1.95. The van der Waals surface area contributed by atoms with E-state index in [9.17, 15) is 9.59 Å². The van der Waals surface area contributed by atoms with E-state index in [1.165, 1.54) is 25.7 Å². The molecule has 7 heteroatoms. The maximum atomic E-state index is 12.3. The first-order chi connectivity index (χ1) is 13.0. The molecule has 1 fully saturated rings. The molecule has 0 radical (unpaired) electrons. The number of halogens is 1. The highest BCUT2D eigenvalue weighted by atomic mass is 35.5. The highest BCUT2D eigenvalue weighted by Gasteiger charge is 2.23. The Labute approximate surface area is 165 Å². The van der Waals surface area contributed by atoms with Crippen LogP contribution in [0.1, 0.15) is 56.3 Å². The number of carbonyl (C=O) groups is 2. The van der Waals surface area contributed by atoms with Gasteiger partial charge >= 0.3 is 5.97 Å². The molecule has 0 heterocycles. The summed E-state index contributed by atoms with van der Waals surface area (Å²) in [6.45, 7) is 4.27. The van der Waals surface area contributed by atoms with Gasteiger partial charge in [0.1, 0.15) is 0 Å². The lowest BCUT2D eigenvalue weighted by Crippen LogP contribution is -2.42. The number of esters is 1. The van der Waals surface area contributed by atoms with Crippen LogP contribution in [0.5, 0.6) is 11.5 Å². The highest BCUT2D eigenvalue weighted by molar-refractivity contribution is 6.32. The number of carbonyl (C=O) groups excluding carboxylic acids is 2. The van der Waals surface area contributed by atoms with Crippen molar-refractivity contribution in [3.05, 3.63) is 22.7 Å². The molecule has 6 nitrogen and oxygen atoms in total. The van der Waals surface area contributed by atoms with E-state index in [0.29, 0.717) is 24.0 Å². The van der Waals surface area contributed by atoms with Crippen molar-refractivity contribution in [2.75, 3.05) is 20.3 Å². The number of hydrogen-bond acceptors (Lipinski definition) is 5. The Balaban J connectivity index is 1.94. The molecule has 0 aromatic heterocycles. The zero-order chi connectivity index (χ0) is 19.8. The number of rotatable bonds is 8. The largest absolute Gasteiger partial charge is 0.493 e. The Morgan fingerprint density at radius 1 is 1.26 bits per heavy atom. The molecule has 1 saturated carbocycles. The van der Waals surface area contributed by atoms with E-state index in [2.05, 4.69) is 12.2 Å². The average molecular weight is 398 g/mol. The summed E-state index contributed by atoms with van der Waals surface area (Å²) in [6, 6.07) is 3.10. The molecule has 1 amide bonds. The summed E-state index contributed by atoms with van der Waals surface area (Å²) in [5, 5.41) is 3.21. The van der Waals surface area contributed by atoms with Gasteiger partial charge in [0.05, 0.1) is 24.3 Å². The zero-order valence-electron chi connectivity index (χ0n) is 16.2. The van der Waals surface area contributed by atoms with Crippen LogP contribution in [0.4, 0.5) is 0 Å². The first-order valence-electron chi connectivity index (χ1n) is 9.43. The van der Waals surface area contributed by atoms with E-state index in [-0.39, 0.29) is 29.1 Å². The Morgan fingerprint density at radius 2 is 2.00 bits per heavy atom. The Bertz CT molecular complexity index is 664. The summed E-state index contributed by atoms with van der Waals surface area (Å²) in [5.74, 6) is 0.259. The predicted octanol–water partition coefficient (Wildman–Crippen LogP) is 3.99. The van der Waals surface area contributed by atoms with E-state index in [1.54, 1.807) is 0 Å². The molecular formula is C20H28ClNO5. The van der Waals surface area contributed by atoms with E-state index in [0.717, 1.165) is 25.7 Å². The highest BCUT2D eigenvalue weighted by Crippen LogP contribution is 2.36. The molecule has 27 heavy (non-hydrogen) atoms. The van der Waals surface area contributed by atoms with Crippen molar-refractivity contribution in [3.8, 4) is 11.5 Å². The monoisotopic (exact) mass is 397 g/mol. The lowest BCUT2D eigenvalue weighted by Gasteiger charge is -2.29. The fraction of sp³-hybridized carbons (Fsp3) is 0.600. The standard InChI is InChI=1S/C20H28ClNO5/c1-4-9-26-19-15(21)10-14(11-17(19)25-3)20(24)27-12-18(23)22-16-8-6-5-7-13(16)2/h10-11,13,16H,4-9,12H2,1-3H3,(H,22,23)/t13-,16+/m1/s1. The second-order valence-electron chi connectivity index (χ2n) is 6.85. The molecule has 1 aromatic rings. The Morgan fingerprint density at radius 3 is 2.67 bits per heavy atom. The van der Waals surface area contributed by atoms with Crippen molar-refractivity contribution in [2.24, 2.45) is 5.92 Å². The maximum Gasteiger partial charge on any atom is 0.338 e. The molecule has 150 valence electrons. The summed E-state index contributed by atoms with van der Waals surface area (Å²) >= 11 is 6.21. The predicted molar refractivity (Wildman–Crippen MR) is 104 cm³/mol. The third kappa shape index (κ3) is 6.03. The Kier molecular flexibility index (Phi) is 8.23. The summed E-state index contributed by atoms with van der Waals surface area (Å²) in [6.07, 6.45) is 5.20. The summed E-state index contributed by atoms with van der Waals surface area (Å²) in [4.78, 5) is 24.4. The first kappa shape index (κ1) is 21.4. The second kappa shape index (κ2) is 10.4. The van der Waals surface area contributed by atoms with Crippen molar-refractivity contribution >= 4 is 23.5 Å². The van der Waals surface area contributed by atoms with Gasteiger partial charge in [0, 0.05) is 6.04 Å². The average Bonchev–Trinajstić information content (AvgIpc) is 2.66. The minimum Gasteiger partial charge on any atom is -0.493 e. The fourth-order valence-corrected chi connectivity index (χ4v) is 3.44. The molecule has 0 saturated heterocycles. The first-order valence-corrected chi connectivity index (χ1v) is 9.80. The maximum absolute atomic E-state index is 12.3. The summed E-state index contributed by atoms with van der Waals surface area (Å²) in [7, 11) is 1.47. The van der Waals surface area contributed by atoms with Crippen LogP contribution in [0, 0.1) is 5.92 Å². The molecule has 0 bridgehead atoms. The van der Waals surface area contributed by atoms with Crippen LogP contribution in [0.15, 0.2) is 12.1 Å². The van der Waals surface area contributed by atoms with Gasteiger partial charge in [-0.2, -0.15) is 0 Å². The van der Waals surface area contributed by atoms with Crippen molar-refractivity contribution < 1.29 is 23.8 Å². The van der Waals surface area contributed by atoms with Crippen LogP contribution >= 0.6 is 11.6 Å². The number of nitrogens with one attached hydrogen (secondary N) is 1. The quantitative estimate of drug-likeness (QED) is 0.671. The third-order valence-corrected chi connectivity index (χ3v) is 4.99. The van der Waals surface area contributed by atoms with Crippen molar-refractivity contribution in [3.63, 3.8) is 0 Å². The van der Waals surface area contributed by atoms with Gasteiger partial charge in [-0.25, -0.2) is 4.79 Å². The number of ether oxygens (including phenoxy) is 3. The molecule has 1 aromatic carbocycles. The van der Waals surface area contributed by atoms with Gasteiger partial charge in [-0.3, -0.25) is 4.79 Å². The zero-order valence-corrected chi connectivity index (χ0v) is 16.9. The summed E-state index contributed by atoms with van der Waals surface area (Å²) < 4.78 is 16.0. The van der Waals surface area contributed by atoms with Gasteiger partial charge < -0.3 is 19.5 Å². The SMILES string of the molecule is CCCOc1c(Cl)cc(C(=O)OCC(=O)N[C@H]2CCCC[C@H]2C)cc1OC. The molecule has 1 N–H and O–H groups in total. The van der Waals surface area contributed by atoms with E-state index >= 15 is 0 Å². The molecule has 0 unspecified atom stereocenters. The van der Waals surface area contributed by atoms with Gasteiger partial charge in [-0.15, -0.1) is 0 Å². The van der Waals surface area contributed by atoms with Crippen molar-refractivity contribution in [1.29, 1.82) is 0 Å². The number of benzene rings is 1. The molecule has 2 atom stereocenters. The van der Waals surface area contributed by atoms with Crippen LogP contribution < -0.4 is 14.8 Å².